The van der Waals surface area contributed by atoms with Crippen molar-refractivity contribution in [3.05, 3.63) is 0 Å². The fourth-order valence-electron chi connectivity index (χ4n) is 3.21. The monoisotopic (exact) mass is 257 g/mol. The number of aliphatic hydroxyl groups excluding tert-OH is 1. The Morgan fingerprint density at radius 3 is 2.61 bits per heavy atom. The van der Waals surface area contributed by atoms with Crippen LogP contribution in [0.1, 0.15) is 46.0 Å². The molecule has 18 heavy (non-hydrogen) atoms. The number of rotatable bonds is 7. The molecule has 108 valence electrons. The van der Waals surface area contributed by atoms with Crippen molar-refractivity contribution in [3.63, 3.8) is 0 Å². The van der Waals surface area contributed by atoms with E-state index in [9.17, 15) is 5.11 Å². The highest BCUT2D eigenvalue weighted by Crippen LogP contribution is 2.33. The third kappa shape index (κ3) is 4.87. The normalized spacial score (nSPS) is 29.2. The summed E-state index contributed by atoms with van der Waals surface area (Å²) in [4.78, 5) is 2.46. The summed E-state index contributed by atoms with van der Waals surface area (Å²) in [6.07, 6.45) is 5.32. The summed E-state index contributed by atoms with van der Waals surface area (Å²) in [5.41, 5.74) is 0. The number of unbranched alkanes of at least 4 members (excludes halogenated alkanes) is 1. The SMILES string of the molecule is COCCCCN(C)C1CC(O)CCC1C(C)C. The Hall–Kier alpha value is -0.120. The molecule has 0 aromatic heterocycles. The number of ether oxygens (including phenoxy) is 1. The molecule has 0 aliphatic heterocycles. The van der Waals surface area contributed by atoms with Crippen LogP contribution < -0.4 is 0 Å². The second kappa shape index (κ2) is 8.13. The van der Waals surface area contributed by atoms with Gasteiger partial charge in [0.15, 0.2) is 0 Å². The van der Waals surface area contributed by atoms with Gasteiger partial charge in [-0.25, -0.2) is 0 Å². The summed E-state index contributed by atoms with van der Waals surface area (Å²) < 4.78 is 5.09. The highest BCUT2D eigenvalue weighted by molar-refractivity contribution is 4.87. The summed E-state index contributed by atoms with van der Waals surface area (Å²) in [5, 5.41) is 9.89. The quantitative estimate of drug-likeness (QED) is 0.711. The van der Waals surface area contributed by atoms with E-state index in [4.69, 9.17) is 4.74 Å². The minimum atomic E-state index is -0.0913. The van der Waals surface area contributed by atoms with Crippen LogP contribution in [0.25, 0.3) is 0 Å². The van der Waals surface area contributed by atoms with Crippen LogP contribution in [-0.2, 0) is 4.74 Å². The van der Waals surface area contributed by atoms with Crippen LogP contribution >= 0.6 is 0 Å². The lowest BCUT2D eigenvalue weighted by Gasteiger charge is -2.42. The summed E-state index contributed by atoms with van der Waals surface area (Å²) in [7, 11) is 3.97. The molecule has 1 rings (SSSR count). The number of aliphatic hydroxyl groups is 1. The summed E-state index contributed by atoms with van der Waals surface area (Å²) in [6.45, 7) is 6.60. The second-order valence-corrected chi connectivity index (χ2v) is 6.12. The molecule has 3 unspecified atom stereocenters. The van der Waals surface area contributed by atoms with Crippen molar-refractivity contribution in [1.29, 1.82) is 0 Å². The van der Waals surface area contributed by atoms with Gasteiger partial charge in [-0.1, -0.05) is 13.8 Å². The van der Waals surface area contributed by atoms with E-state index in [1.807, 2.05) is 0 Å². The summed E-state index contributed by atoms with van der Waals surface area (Å²) in [5.74, 6) is 1.45. The van der Waals surface area contributed by atoms with Gasteiger partial charge in [0.2, 0.25) is 0 Å². The minimum Gasteiger partial charge on any atom is -0.393 e. The van der Waals surface area contributed by atoms with Gasteiger partial charge in [-0.2, -0.15) is 0 Å². The molecule has 0 aromatic carbocycles. The maximum absolute atomic E-state index is 9.89. The topological polar surface area (TPSA) is 32.7 Å². The van der Waals surface area contributed by atoms with E-state index < -0.39 is 0 Å². The number of methoxy groups -OCH3 is 1. The van der Waals surface area contributed by atoms with Gasteiger partial charge in [-0.05, 0) is 57.5 Å². The zero-order chi connectivity index (χ0) is 13.5. The van der Waals surface area contributed by atoms with E-state index in [0.717, 1.165) is 38.3 Å². The van der Waals surface area contributed by atoms with Crippen molar-refractivity contribution in [2.24, 2.45) is 11.8 Å². The fourth-order valence-corrected chi connectivity index (χ4v) is 3.21. The molecule has 0 spiro atoms. The second-order valence-electron chi connectivity index (χ2n) is 6.12. The molecule has 0 bridgehead atoms. The molecule has 3 heteroatoms. The van der Waals surface area contributed by atoms with Crippen molar-refractivity contribution < 1.29 is 9.84 Å². The molecule has 1 aliphatic carbocycles. The van der Waals surface area contributed by atoms with E-state index in [2.05, 4.69) is 25.8 Å². The van der Waals surface area contributed by atoms with Gasteiger partial charge >= 0.3 is 0 Å². The van der Waals surface area contributed by atoms with E-state index in [1.54, 1.807) is 7.11 Å². The molecular formula is C15H31NO2. The van der Waals surface area contributed by atoms with Crippen LogP contribution in [0.5, 0.6) is 0 Å². The standard InChI is InChI=1S/C15H31NO2/c1-12(2)14-8-7-13(17)11-15(14)16(3)9-5-6-10-18-4/h12-15,17H,5-11H2,1-4H3. The molecular weight excluding hydrogens is 226 g/mol. The molecule has 0 radical (unpaired) electrons. The molecule has 3 atom stereocenters. The highest BCUT2D eigenvalue weighted by Gasteiger charge is 2.33. The Kier molecular flexibility index (Phi) is 7.20. The fraction of sp³-hybridized carbons (Fsp3) is 1.00. The number of hydrogen-bond donors (Lipinski definition) is 1. The zero-order valence-corrected chi connectivity index (χ0v) is 12.6. The molecule has 3 nitrogen and oxygen atoms in total. The van der Waals surface area contributed by atoms with Crippen LogP contribution in [0.3, 0.4) is 0 Å². The van der Waals surface area contributed by atoms with E-state index in [0.29, 0.717) is 12.0 Å². The predicted molar refractivity (Wildman–Crippen MR) is 75.7 cm³/mol. The van der Waals surface area contributed by atoms with E-state index in [-0.39, 0.29) is 6.10 Å². The Bertz CT molecular complexity index is 221. The van der Waals surface area contributed by atoms with Gasteiger partial charge in [0.05, 0.1) is 6.10 Å². The van der Waals surface area contributed by atoms with Crippen molar-refractivity contribution in [3.8, 4) is 0 Å². The third-order valence-electron chi connectivity index (χ3n) is 4.37. The van der Waals surface area contributed by atoms with Gasteiger partial charge in [0, 0.05) is 19.8 Å². The third-order valence-corrected chi connectivity index (χ3v) is 4.37. The van der Waals surface area contributed by atoms with Gasteiger partial charge in [0.25, 0.3) is 0 Å². The lowest BCUT2D eigenvalue weighted by Crippen LogP contribution is -2.46. The lowest BCUT2D eigenvalue weighted by molar-refractivity contribution is 0.0211. The molecule has 0 heterocycles. The maximum atomic E-state index is 9.89. The molecule has 1 saturated carbocycles. The van der Waals surface area contributed by atoms with Gasteiger partial charge in [0.1, 0.15) is 0 Å². The molecule has 0 saturated heterocycles. The first-order valence-electron chi connectivity index (χ1n) is 7.43. The molecule has 1 fully saturated rings. The number of hydrogen-bond acceptors (Lipinski definition) is 3. The highest BCUT2D eigenvalue weighted by atomic mass is 16.5. The summed E-state index contributed by atoms with van der Waals surface area (Å²) in [6, 6.07) is 0.552. The molecule has 0 amide bonds. The van der Waals surface area contributed by atoms with Crippen molar-refractivity contribution in [2.45, 2.75) is 58.1 Å². The first-order chi connectivity index (χ1) is 8.56. The lowest BCUT2D eigenvalue weighted by atomic mass is 9.76. The summed E-state index contributed by atoms with van der Waals surface area (Å²) >= 11 is 0. The van der Waals surface area contributed by atoms with Crippen molar-refractivity contribution in [2.75, 3.05) is 27.3 Å². The van der Waals surface area contributed by atoms with E-state index >= 15 is 0 Å². The van der Waals surface area contributed by atoms with Crippen molar-refractivity contribution >= 4 is 0 Å². The van der Waals surface area contributed by atoms with Crippen LogP contribution in [0.4, 0.5) is 0 Å². The van der Waals surface area contributed by atoms with Gasteiger partial charge in [-0.3, -0.25) is 0 Å². The Morgan fingerprint density at radius 2 is 2.00 bits per heavy atom. The van der Waals surface area contributed by atoms with Crippen LogP contribution in [0.2, 0.25) is 0 Å². The smallest absolute Gasteiger partial charge is 0.0555 e. The minimum absolute atomic E-state index is 0.0913. The molecule has 1 aliphatic rings. The van der Waals surface area contributed by atoms with Gasteiger partial charge < -0.3 is 14.7 Å². The Balaban J connectivity index is 2.42. The first kappa shape index (κ1) is 15.9. The largest absolute Gasteiger partial charge is 0.393 e. The number of nitrogens with zero attached hydrogens (tertiary/aromatic N) is 1. The predicted octanol–water partition coefficient (Wildman–Crippen LogP) is 2.53. The average molecular weight is 257 g/mol. The Labute approximate surface area is 113 Å². The van der Waals surface area contributed by atoms with Crippen LogP contribution in [0.15, 0.2) is 0 Å². The first-order valence-corrected chi connectivity index (χ1v) is 7.43. The van der Waals surface area contributed by atoms with Gasteiger partial charge in [-0.15, -0.1) is 0 Å². The average Bonchev–Trinajstić information content (AvgIpc) is 2.34. The zero-order valence-electron chi connectivity index (χ0n) is 12.6. The maximum Gasteiger partial charge on any atom is 0.0555 e. The van der Waals surface area contributed by atoms with Crippen LogP contribution in [0, 0.1) is 11.8 Å². The molecule has 0 aromatic rings. The van der Waals surface area contributed by atoms with Crippen LogP contribution in [-0.4, -0.2) is 49.5 Å². The van der Waals surface area contributed by atoms with Crippen molar-refractivity contribution in [1.82, 2.24) is 4.90 Å². The molecule has 1 N–H and O–H groups in total. The Morgan fingerprint density at radius 1 is 1.28 bits per heavy atom. The van der Waals surface area contributed by atoms with E-state index in [1.165, 1.54) is 12.8 Å².